The third-order valence-corrected chi connectivity index (χ3v) is 2.92. The van der Waals surface area contributed by atoms with Crippen LogP contribution in [0.4, 0.5) is 0 Å². The molecule has 3 nitrogen and oxygen atoms in total. The summed E-state index contributed by atoms with van der Waals surface area (Å²) in [6.07, 6.45) is 0.677. The van der Waals surface area contributed by atoms with Crippen molar-refractivity contribution in [3.05, 3.63) is 21.3 Å². The van der Waals surface area contributed by atoms with Crippen molar-refractivity contribution in [2.45, 2.75) is 19.4 Å². The molecule has 0 saturated carbocycles. The first-order chi connectivity index (χ1) is 7.08. The van der Waals surface area contributed by atoms with Gasteiger partial charge in [-0.05, 0) is 53.6 Å². The first-order valence-corrected chi connectivity index (χ1v) is 5.78. The Morgan fingerprint density at radius 3 is 2.33 bits per heavy atom. The van der Waals surface area contributed by atoms with Crippen molar-refractivity contribution in [3.63, 3.8) is 0 Å². The maximum atomic E-state index is 7.57. The predicted molar refractivity (Wildman–Crippen MR) is 68.5 cm³/mol. The van der Waals surface area contributed by atoms with Gasteiger partial charge in [-0.25, -0.2) is 0 Å². The highest BCUT2D eigenvalue weighted by Crippen LogP contribution is 2.30. The summed E-state index contributed by atoms with van der Waals surface area (Å²) < 4.78 is 11.5. The Kier molecular flexibility index (Phi) is 4.66. The van der Waals surface area contributed by atoms with Crippen molar-refractivity contribution in [3.8, 4) is 11.5 Å². The Morgan fingerprint density at radius 2 is 1.87 bits per heavy atom. The van der Waals surface area contributed by atoms with Crippen molar-refractivity contribution >= 4 is 22.6 Å². The van der Waals surface area contributed by atoms with E-state index in [1.165, 1.54) is 0 Å². The molecule has 1 aromatic carbocycles. The summed E-state index contributed by atoms with van der Waals surface area (Å²) in [5, 5.41) is 0. The lowest BCUT2D eigenvalue weighted by Crippen LogP contribution is -2.08. The third-order valence-electron chi connectivity index (χ3n) is 2.08. The van der Waals surface area contributed by atoms with E-state index in [1.807, 2.05) is 19.1 Å². The molecule has 0 spiro atoms. The molecular weight excluding hydrogens is 305 g/mol. The van der Waals surface area contributed by atoms with Crippen molar-refractivity contribution < 1.29 is 9.47 Å². The molecule has 1 rings (SSSR count). The highest BCUT2D eigenvalue weighted by atomic mass is 127. The van der Waals surface area contributed by atoms with Crippen LogP contribution in [0.15, 0.2) is 12.1 Å². The average molecular weight is 320 g/mol. The van der Waals surface area contributed by atoms with Crippen LogP contribution in [0.1, 0.15) is 12.5 Å². The number of hydrogen-bond donors (Lipinski definition) is 0. The quantitative estimate of drug-likeness (QED) is 0.800. The fraction of sp³-hybridized carbons (Fsp3) is 0.455. The summed E-state index contributed by atoms with van der Waals surface area (Å²) in [6, 6.07) is 3.76. The molecule has 83 valence electrons. The van der Waals surface area contributed by atoms with Crippen LogP contribution in [0.25, 0.3) is 0 Å². The van der Waals surface area contributed by atoms with Crippen LogP contribution >= 0.6 is 22.6 Å². The molecule has 1 unspecified atom stereocenters. The first-order valence-electron chi connectivity index (χ1n) is 4.70. The van der Waals surface area contributed by atoms with Gasteiger partial charge in [0.1, 0.15) is 11.5 Å². The fourth-order valence-corrected chi connectivity index (χ4v) is 2.07. The zero-order chi connectivity index (χ0) is 11.4. The van der Waals surface area contributed by atoms with E-state index in [0.29, 0.717) is 6.42 Å². The Labute approximate surface area is 104 Å². The Balaban J connectivity index is 3.10. The van der Waals surface area contributed by atoms with Gasteiger partial charge in [0.15, 0.2) is 0 Å². The minimum Gasteiger partial charge on any atom is -0.496 e. The minimum atomic E-state index is -0.135. The van der Waals surface area contributed by atoms with Gasteiger partial charge in [-0.15, -0.1) is 0 Å². The van der Waals surface area contributed by atoms with E-state index in [1.54, 1.807) is 14.2 Å². The van der Waals surface area contributed by atoms with Crippen LogP contribution in [0.2, 0.25) is 0 Å². The van der Waals surface area contributed by atoms with Crippen LogP contribution in [0, 0.1) is 3.57 Å². The standard InChI is InChI=1S/C11H15INO2/c1-7(13)4-8-5-11(15-3)9(12)6-10(8)14-2/h5-7,13H,4H2,1-3H3. The second-order valence-electron chi connectivity index (χ2n) is 3.40. The normalized spacial score (nSPS) is 12.3. The molecule has 1 N–H and O–H groups in total. The topological polar surface area (TPSA) is 42.3 Å². The summed E-state index contributed by atoms with van der Waals surface area (Å²) >= 11 is 2.21. The van der Waals surface area contributed by atoms with Crippen LogP contribution in [0.3, 0.4) is 0 Å². The van der Waals surface area contributed by atoms with E-state index in [2.05, 4.69) is 22.6 Å². The Hall–Kier alpha value is -0.490. The van der Waals surface area contributed by atoms with Gasteiger partial charge < -0.3 is 9.47 Å². The molecule has 0 bridgehead atoms. The lowest BCUT2D eigenvalue weighted by atomic mass is 10.1. The summed E-state index contributed by atoms with van der Waals surface area (Å²) in [5.74, 6) is 1.67. The van der Waals surface area contributed by atoms with E-state index < -0.39 is 0 Å². The SMILES string of the molecule is COc1cc(CC(C)[NH])c(OC)cc1I. The van der Waals surface area contributed by atoms with E-state index in [-0.39, 0.29) is 6.04 Å². The van der Waals surface area contributed by atoms with E-state index in [9.17, 15) is 0 Å². The van der Waals surface area contributed by atoms with Gasteiger partial charge in [0.2, 0.25) is 0 Å². The predicted octanol–water partition coefficient (Wildman–Crippen LogP) is 2.52. The Bertz CT molecular complexity index is 340. The van der Waals surface area contributed by atoms with E-state index in [4.69, 9.17) is 15.2 Å². The number of methoxy groups -OCH3 is 2. The number of halogens is 1. The summed E-state index contributed by atoms with van der Waals surface area (Å²) in [4.78, 5) is 0. The largest absolute Gasteiger partial charge is 0.496 e. The fourth-order valence-electron chi connectivity index (χ4n) is 1.41. The van der Waals surface area contributed by atoms with Crippen LogP contribution in [-0.4, -0.2) is 20.3 Å². The molecule has 1 aromatic rings. The molecule has 0 aliphatic carbocycles. The number of nitrogens with one attached hydrogen (secondary N) is 1. The number of hydrogen-bond acceptors (Lipinski definition) is 2. The summed E-state index contributed by atoms with van der Waals surface area (Å²) in [6.45, 7) is 1.86. The Morgan fingerprint density at radius 1 is 1.27 bits per heavy atom. The molecule has 1 atom stereocenters. The minimum absolute atomic E-state index is 0.135. The molecule has 15 heavy (non-hydrogen) atoms. The second-order valence-corrected chi connectivity index (χ2v) is 4.57. The molecular formula is C11H15INO2. The van der Waals surface area contributed by atoms with E-state index in [0.717, 1.165) is 20.6 Å². The van der Waals surface area contributed by atoms with Gasteiger partial charge in [0.25, 0.3) is 0 Å². The van der Waals surface area contributed by atoms with Crippen molar-refractivity contribution in [1.29, 1.82) is 0 Å². The average Bonchev–Trinajstić information content (AvgIpc) is 2.19. The lowest BCUT2D eigenvalue weighted by molar-refractivity contribution is 0.395. The molecule has 0 amide bonds. The highest BCUT2D eigenvalue weighted by molar-refractivity contribution is 14.1. The summed E-state index contributed by atoms with van der Waals surface area (Å²) in [7, 11) is 3.30. The van der Waals surface area contributed by atoms with Gasteiger partial charge >= 0.3 is 0 Å². The van der Waals surface area contributed by atoms with Gasteiger partial charge in [-0.2, -0.15) is 0 Å². The molecule has 0 heterocycles. The molecule has 0 saturated heterocycles. The maximum absolute atomic E-state index is 7.57. The molecule has 1 radical (unpaired) electrons. The van der Waals surface area contributed by atoms with Crippen molar-refractivity contribution in [2.24, 2.45) is 0 Å². The molecule has 0 aromatic heterocycles. The van der Waals surface area contributed by atoms with Crippen molar-refractivity contribution in [2.75, 3.05) is 14.2 Å². The smallest absolute Gasteiger partial charge is 0.132 e. The monoisotopic (exact) mass is 320 g/mol. The number of rotatable bonds is 4. The van der Waals surface area contributed by atoms with Crippen LogP contribution in [-0.2, 0) is 6.42 Å². The molecule has 0 aliphatic rings. The van der Waals surface area contributed by atoms with Gasteiger partial charge in [-0.3, -0.25) is 5.73 Å². The van der Waals surface area contributed by atoms with Crippen molar-refractivity contribution in [1.82, 2.24) is 5.73 Å². The number of benzene rings is 1. The van der Waals surface area contributed by atoms with Crippen LogP contribution in [0.5, 0.6) is 11.5 Å². The number of ether oxygens (including phenoxy) is 2. The van der Waals surface area contributed by atoms with Gasteiger partial charge in [-0.1, -0.05) is 0 Å². The molecule has 4 heteroatoms. The third kappa shape index (κ3) is 3.24. The zero-order valence-electron chi connectivity index (χ0n) is 9.13. The first kappa shape index (κ1) is 12.6. The lowest BCUT2D eigenvalue weighted by Gasteiger charge is -2.13. The van der Waals surface area contributed by atoms with Gasteiger partial charge in [0.05, 0.1) is 17.8 Å². The second kappa shape index (κ2) is 5.55. The summed E-state index contributed by atoms with van der Waals surface area (Å²) in [5.41, 5.74) is 8.60. The molecule has 0 fully saturated rings. The molecule has 0 aliphatic heterocycles. The van der Waals surface area contributed by atoms with Crippen LogP contribution < -0.4 is 15.2 Å². The maximum Gasteiger partial charge on any atom is 0.132 e. The highest BCUT2D eigenvalue weighted by Gasteiger charge is 2.10. The van der Waals surface area contributed by atoms with Gasteiger partial charge in [0, 0.05) is 6.04 Å². The zero-order valence-corrected chi connectivity index (χ0v) is 11.3. The van der Waals surface area contributed by atoms with E-state index >= 15 is 0 Å².